The summed E-state index contributed by atoms with van der Waals surface area (Å²) in [6.07, 6.45) is 0.380. The molecule has 0 bridgehead atoms. The highest BCUT2D eigenvalue weighted by Gasteiger charge is 2.32. The first-order valence-corrected chi connectivity index (χ1v) is 8.14. The van der Waals surface area contributed by atoms with Crippen LogP contribution in [-0.4, -0.2) is 62.3 Å². The molecular formula is C16H24N6O2. The fraction of sp³-hybridized carbons (Fsp3) is 0.625. The third-order valence-corrected chi connectivity index (χ3v) is 4.82. The Hall–Kier alpha value is -2.22. The Balaban J connectivity index is 1.73. The van der Waals surface area contributed by atoms with E-state index in [2.05, 4.69) is 20.1 Å². The molecule has 1 aliphatic rings. The molecule has 0 spiro atoms. The van der Waals surface area contributed by atoms with E-state index in [1.807, 2.05) is 37.5 Å². The summed E-state index contributed by atoms with van der Waals surface area (Å²) in [6, 6.07) is -0.0556. The third kappa shape index (κ3) is 3.06. The number of aryl methyl sites for hydroxylation is 3. The number of likely N-dealkylation sites (N-methyl/N-ethyl adjacent to an activating group) is 1. The van der Waals surface area contributed by atoms with Gasteiger partial charge in [0.25, 0.3) is 0 Å². The van der Waals surface area contributed by atoms with Crippen molar-refractivity contribution in [1.82, 2.24) is 29.7 Å². The SMILES string of the molecule is Cc1noc([C@H]2CN(C(=O)Cc3c(C)nn(C)c3C)CCN2C)n1. The van der Waals surface area contributed by atoms with E-state index in [9.17, 15) is 4.79 Å². The van der Waals surface area contributed by atoms with Gasteiger partial charge in [0.05, 0.1) is 12.1 Å². The highest BCUT2D eigenvalue weighted by atomic mass is 16.5. The molecule has 130 valence electrons. The van der Waals surface area contributed by atoms with Crippen molar-refractivity contribution in [2.75, 3.05) is 26.7 Å². The van der Waals surface area contributed by atoms with Crippen LogP contribution in [0.25, 0.3) is 0 Å². The molecular weight excluding hydrogens is 308 g/mol. The Kier molecular flexibility index (Phi) is 4.40. The van der Waals surface area contributed by atoms with Crippen molar-refractivity contribution >= 4 is 5.91 Å². The van der Waals surface area contributed by atoms with Crippen LogP contribution in [0.15, 0.2) is 4.52 Å². The summed E-state index contributed by atoms with van der Waals surface area (Å²) < 4.78 is 7.13. The van der Waals surface area contributed by atoms with Crippen molar-refractivity contribution in [3.63, 3.8) is 0 Å². The second-order valence-corrected chi connectivity index (χ2v) is 6.47. The summed E-state index contributed by atoms with van der Waals surface area (Å²) >= 11 is 0. The van der Waals surface area contributed by atoms with Crippen molar-refractivity contribution < 1.29 is 9.32 Å². The molecule has 3 heterocycles. The summed E-state index contributed by atoms with van der Waals surface area (Å²) in [6.45, 7) is 7.79. The van der Waals surface area contributed by atoms with Crippen LogP contribution in [0.1, 0.15) is 34.7 Å². The van der Waals surface area contributed by atoms with Gasteiger partial charge in [-0.2, -0.15) is 10.1 Å². The van der Waals surface area contributed by atoms with Crippen LogP contribution in [0.4, 0.5) is 0 Å². The average molecular weight is 332 g/mol. The lowest BCUT2D eigenvalue weighted by atomic mass is 10.1. The van der Waals surface area contributed by atoms with E-state index in [1.165, 1.54) is 0 Å². The van der Waals surface area contributed by atoms with E-state index in [-0.39, 0.29) is 11.9 Å². The number of carbonyl (C=O) groups is 1. The van der Waals surface area contributed by atoms with Gasteiger partial charge in [0.1, 0.15) is 6.04 Å². The number of amides is 1. The Morgan fingerprint density at radius 1 is 1.25 bits per heavy atom. The summed E-state index contributed by atoms with van der Waals surface area (Å²) in [5.41, 5.74) is 2.98. The summed E-state index contributed by atoms with van der Waals surface area (Å²) in [5.74, 6) is 1.30. The lowest BCUT2D eigenvalue weighted by Crippen LogP contribution is -2.49. The molecule has 1 saturated heterocycles. The number of hydrogen-bond donors (Lipinski definition) is 0. The predicted octanol–water partition coefficient (Wildman–Crippen LogP) is 0.786. The first-order valence-electron chi connectivity index (χ1n) is 8.14. The third-order valence-electron chi connectivity index (χ3n) is 4.82. The van der Waals surface area contributed by atoms with Crippen molar-refractivity contribution in [2.45, 2.75) is 33.2 Å². The zero-order chi connectivity index (χ0) is 17.4. The van der Waals surface area contributed by atoms with Crippen molar-refractivity contribution in [1.29, 1.82) is 0 Å². The van der Waals surface area contributed by atoms with Crippen molar-refractivity contribution in [3.05, 3.63) is 28.7 Å². The second kappa shape index (κ2) is 6.35. The maximum absolute atomic E-state index is 12.8. The Labute approximate surface area is 141 Å². The van der Waals surface area contributed by atoms with Crippen LogP contribution in [0.2, 0.25) is 0 Å². The second-order valence-electron chi connectivity index (χ2n) is 6.47. The molecule has 0 aliphatic carbocycles. The van der Waals surface area contributed by atoms with E-state index in [0.29, 0.717) is 31.2 Å². The quantitative estimate of drug-likeness (QED) is 0.826. The van der Waals surface area contributed by atoms with E-state index in [1.54, 1.807) is 6.92 Å². The number of piperazine rings is 1. The van der Waals surface area contributed by atoms with E-state index in [4.69, 9.17) is 4.52 Å². The molecule has 2 aromatic heterocycles. The maximum Gasteiger partial charge on any atom is 0.245 e. The summed E-state index contributed by atoms with van der Waals surface area (Å²) in [7, 11) is 3.92. The molecule has 0 N–H and O–H groups in total. The molecule has 1 fully saturated rings. The Morgan fingerprint density at radius 2 is 2.00 bits per heavy atom. The largest absolute Gasteiger partial charge is 0.339 e. The van der Waals surface area contributed by atoms with Gasteiger partial charge in [-0.05, 0) is 27.8 Å². The van der Waals surface area contributed by atoms with Crippen LogP contribution in [0.3, 0.4) is 0 Å². The van der Waals surface area contributed by atoms with Gasteiger partial charge in [-0.1, -0.05) is 5.16 Å². The molecule has 0 radical (unpaired) electrons. The number of carbonyl (C=O) groups excluding carboxylic acids is 1. The number of aromatic nitrogens is 4. The minimum Gasteiger partial charge on any atom is -0.339 e. The van der Waals surface area contributed by atoms with Gasteiger partial charge < -0.3 is 9.42 Å². The summed E-state index contributed by atoms with van der Waals surface area (Å²) in [5, 5.41) is 8.25. The van der Waals surface area contributed by atoms with E-state index >= 15 is 0 Å². The standard InChI is InChI=1S/C16H24N6O2/c1-10-13(11(2)21(5)18-10)8-15(23)22-7-6-20(4)14(9-22)16-17-12(3)19-24-16/h14H,6-9H2,1-5H3/t14-/m1/s1. The van der Waals surface area contributed by atoms with Gasteiger partial charge in [-0.25, -0.2) is 0 Å². The maximum atomic E-state index is 12.8. The molecule has 1 aliphatic heterocycles. The molecule has 1 amide bonds. The normalized spacial score (nSPS) is 19.0. The predicted molar refractivity (Wildman–Crippen MR) is 87.4 cm³/mol. The molecule has 24 heavy (non-hydrogen) atoms. The summed E-state index contributed by atoms with van der Waals surface area (Å²) in [4.78, 5) is 21.1. The van der Waals surface area contributed by atoms with Gasteiger partial charge >= 0.3 is 0 Å². The molecule has 0 aromatic carbocycles. The molecule has 3 rings (SSSR count). The monoisotopic (exact) mass is 332 g/mol. The zero-order valence-corrected chi connectivity index (χ0v) is 14.9. The lowest BCUT2D eigenvalue weighted by Gasteiger charge is -2.37. The van der Waals surface area contributed by atoms with Crippen molar-refractivity contribution in [2.24, 2.45) is 7.05 Å². The Morgan fingerprint density at radius 3 is 2.58 bits per heavy atom. The minimum absolute atomic E-state index is 0.0556. The topological polar surface area (TPSA) is 80.3 Å². The minimum atomic E-state index is -0.0556. The van der Waals surface area contributed by atoms with Gasteiger partial charge in [-0.3, -0.25) is 14.4 Å². The van der Waals surface area contributed by atoms with Crippen LogP contribution in [-0.2, 0) is 18.3 Å². The lowest BCUT2D eigenvalue weighted by molar-refractivity contribution is -0.133. The van der Waals surface area contributed by atoms with Gasteiger partial charge in [0.15, 0.2) is 5.82 Å². The van der Waals surface area contributed by atoms with Gasteiger partial charge in [0, 0.05) is 37.9 Å². The first kappa shape index (κ1) is 16.6. The number of nitrogens with zero attached hydrogens (tertiary/aromatic N) is 6. The van der Waals surface area contributed by atoms with Crippen molar-refractivity contribution in [3.8, 4) is 0 Å². The molecule has 2 aromatic rings. The smallest absolute Gasteiger partial charge is 0.245 e. The fourth-order valence-corrected chi connectivity index (χ4v) is 3.15. The molecule has 0 unspecified atom stereocenters. The molecule has 0 saturated carbocycles. The van der Waals surface area contributed by atoms with Crippen LogP contribution >= 0.6 is 0 Å². The highest BCUT2D eigenvalue weighted by Crippen LogP contribution is 2.23. The van der Waals surface area contributed by atoms with E-state index < -0.39 is 0 Å². The highest BCUT2D eigenvalue weighted by molar-refractivity contribution is 5.79. The number of rotatable bonds is 3. The molecule has 8 heteroatoms. The van der Waals surface area contributed by atoms with Crippen LogP contribution in [0, 0.1) is 20.8 Å². The molecule has 8 nitrogen and oxygen atoms in total. The average Bonchev–Trinajstić information content (AvgIpc) is 3.06. The molecule has 1 atom stereocenters. The van der Waals surface area contributed by atoms with Crippen LogP contribution in [0.5, 0.6) is 0 Å². The first-order chi connectivity index (χ1) is 11.4. The van der Waals surface area contributed by atoms with Gasteiger partial charge in [-0.15, -0.1) is 0 Å². The zero-order valence-electron chi connectivity index (χ0n) is 14.9. The van der Waals surface area contributed by atoms with E-state index in [0.717, 1.165) is 23.5 Å². The van der Waals surface area contributed by atoms with Crippen LogP contribution < -0.4 is 0 Å². The fourth-order valence-electron chi connectivity index (χ4n) is 3.15. The Bertz CT molecular complexity index is 750. The van der Waals surface area contributed by atoms with Gasteiger partial charge in [0.2, 0.25) is 11.8 Å². The number of hydrogen-bond acceptors (Lipinski definition) is 6.